The lowest BCUT2D eigenvalue weighted by Gasteiger charge is -2.12. The van der Waals surface area contributed by atoms with Crippen molar-refractivity contribution >= 4 is 10.9 Å². The van der Waals surface area contributed by atoms with Gasteiger partial charge in [0, 0.05) is 24.1 Å². The maximum Gasteiger partial charge on any atom is 0.189 e. The van der Waals surface area contributed by atoms with E-state index in [2.05, 4.69) is 0 Å². The van der Waals surface area contributed by atoms with Crippen LogP contribution in [-0.2, 0) is 0 Å². The molecule has 1 aromatic carbocycles. The Morgan fingerprint density at radius 1 is 1.41 bits per heavy atom. The minimum Gasteiger partial charge on any atom is -0.495 e. The average molecular weight is 233 g/mol. The van der Waals surface area contributed by atoms with Gasteiger partial charge < -0.3 is 9.30 Å². The number of benzene rings is 1. The fourth-order valence-corrected chi connectivity index (χ4v) is 2.18. The maximum atomic E-state index is 13.2. The van der Waals surface area contributed by atoms with Gasteiger partial charge in [-0.15, -0.1) is 0 Å². The number of para-hydroxylation sites is 1. The Labute approximate surface area is 97.4 Å². The molecule has 2 atom stereocenters. The molecule has 0 amide bonds. The summed E-state index contributed by atoms with van der Waals surface area (Å²) in [7, 11) is 1.55. The molecule has 0 saturated heterocycles. The second kappa shape index (κ2) is 3.58. The standard InChI is InChI=1S/C13H12FNO2/c1-17-12-4-2-3-8-11(16)5-6-15(13(8)12)10-7-9(10)14/h2-6,9-10H,7H2,1H3/t9-,10+/m0/s1. The molecule has 0 spiro atoms. The Bertz CT molecular complexity index is 635. The van der Waals surface area contributed by atoms with E-state index in [0.29, 0.717) is 23.1 Å². The van der Waals surface area contributed by atoms with Gasteiger partial charge in [0.25, 0.3) is 0 Å². The summed E-state index contributed by atoms with van der Waals surface area (Å²) >= 11 is 0. The van der Waals surface area contributed by atoms with Gasteiger partial charge in [0.2, 0.25) is 0 Å². The summed E-state index contributed by atoms with van der Waals surface area (Å²) in [5.41, 5.74) is 0.624. The molecule has 1 heterocycles. The fourth-order valence-electron chi connectivity index (χ4n) is 2.18. The van der Waals surface area contributed by atoms with Gasteiger partial charge in [0.1, 0.15) is 11.9 Å². The molecule has 0 radical (unpaired) electrons. The van der Waals surface area contributed by atoms with E-state index in [9.17, 15) is 9.18 Å². The molecule has 1 aliphatic carbocycles. The topological polar surface area (TPSA) is 31.2 Å². The maximum absolute atomic E-state index is 13.2. The van der Waals surface area contributed by atoms with Crippen molar-refractivity contribution in [1.82, 2.24) is 4.57 Å². The van der Waals surface area contributed by atoms with Crippen LogP contribution >= 0.6 is 0 Å². The van der Waals surface area contributed by atoms with E-state index >= 15 is 0 Å². The lowest BCUT2D eigenvalue weighted by Crippen LogP contribution is -2.09. The highest BCUT2D eigenvalue weighted by Gasteiger charge is 2.39. The van der Waals surface area contributed by atoms with Crippen LogP contribution in [0.2, 0.25) is 0 Å². The van der Waals surface area contributed by atoms with Crippen LogP contribution in [0, 0.1) is 0 Å². The molecule has 0 unspecified atom stereocenters. The van der Waals surface area contributed by atoms with Crippen molar-refractivity contribution in [3.05, 3.63) is 40.7 Å². The van der Waals surface area contributed by atoms with E-state index in [1.807, 2.05) is 0 Å². The van der Waals surface area contributed by atoms with Gasteiger partial charge in [-0.1, -0.05) is 6.07 Å². The van der Waals surface area contributed by atoms with Crippen LogP contribution in [0.1, 0.15) is 12.5 Å². The monoisotopic (exact) mass is 233 g/mol. The van der Waals surface area contributed by atoms with E-state index in [-0.39, 0.29) is 11.5 Å². The normalized spacial score (nSPS) is 22.7. The minimum atomic E-state index is -0.814. The predicted molar refractivity (Wildman–Crippen MR) is 63.3 cm³/mol. The third kappa shape index (κ3) is 1.52. The Morgan fingerprint density at radius 2 is 2.18 bits per heavy atom. The number of alkyl halides is 1. The first-order valence-corrected chi connectivity index (χ1v) is 5.54. The average Bonchev–Trinajstić information content (AvgIpc) is 3.06. The third-order valence-corrected chi connectivity index (χ3v) is 3.17. The summed E-state index contributed by atoms with van der Waals surface area (Å²) in [5, 5.41) is 0.575. The van der Waals surface area contributed by atoms with Crippen LogP contribution in [0.15, 0.2) is 35.3 Å². The van der Waals surface area contributed by atoms with Crippen molar-refractivity contribution in [3.63, 3.8) is 0 Å². The number of rotatable bonds is 2. The highest BCUT2D eigenvalue weighted by atomic mass is 19.1. The van der Waals surface area contributed by atoms with Gasteiger partial charge in [-0.05, 0) is 12.1 Å². The third-order valence-electron chi connectivity index (χ3n) is 3.17. The van der Waals surface area contributed by atoms with Gasteiger partial charge in [0.15, 0.2) is 5.43 Å². The van der Waals surface area contributed by atoms with E-state index in [1.165, 1.54) is 6.07 Å². The number of halogens is 1. The molecule has 17 heavy (non-hydrogen) atoms. The summed E-state index contributed by atoms with van der Waals surface area (Å²) in [5.74, 6) is 0.610. The number of methoxy groups -OCH3 is 1. The van der Waals surface area contributed by atoms with E-state index in [1.54, 1.807) is 36.1 Å². The minimum absolute atomic E-state index is 0.0637. The van der Waals surface area contributed by atoms with Gasteiger partial charge in [-0.3, -0.25) is 4.79 Å². The zero-order chi connectivity index (χ0) is 12.0. The number of fused-ring (bicyclic) bond motifs is 1. The number of aromatic nitrogens is 1. The zero-order valence-corrected chi connectivity index (χ0v) is 9.39. The number of ether oxygens (including phenoxy) is 1. The molecule has 0 bridgehead atoms. The van der Waals surface area contributed by atoms with Gasteiger partial charge in [-0.25, -0.2) is 4.39 Å². The first kappa shape index (κ1) is 10.3. The molecule has 1 aromatic heterocycles. The SMILES string of the molecule is COc1cccc2c(=O)ccn([C@@H]3C[C@@H]3F)c12. The fraction of sp³-hybridized carbons (Fsp3) is 0.308. The lowest BCUT2D eigenvalue weighted by molar-refractivity contribution is 0.413. The van der Waals surface area contributed by atoms with Gasteiger partial charge in [-0.2, -0.15) is 0 Å². The molecule has 1 aliphatic rings. The smallest absolute Gasteiger partial charge is 0.189 e. The van der Waals surface area contributed by atoms with Crippen molar-refractivity contribution in [1.29, 1.82) is 0 Å². The summed E-state index contributed by atoms with van der Waals surface area (Å²) < 4.78 is 20.2. The molecule has 4 heteroatoms. The first-order chi connectivity index (χ1) is 8.22. The number of pyridine rings is 1. The molecule has 0 aliphatic heterocycles. The Morgan fingerprint density at radius 3 is 2.82 bits per heavy atom. The quantitative estimate of drug-likeness (QED) is 0.797. The molecule has 1 saturated carbocycles. The molecule has 88 valence electrons. The molecule has 2 aromatic rings. The molecule has 0 N–H and O–H groups in total. The number of hydrogen-bond acceptors (Lipinski definition) is 2. The first-order valence-electron chi connectivity index (χ1n) is 5.54. The number of nitrogens with zero attached hydrogens (tertiary/aromatic N) is 1. The Hall–Kier alpha value is -1.84. The van der Waals surface area contributed by atoms with Crippen LogP contribution in [0.4, 0.5) is 4.39 Å². The van der Waals surface area contributed by atoms with E-state index < -0.39 is 6.17 Å². The van der Waals surface area contributed by atoms with Gasteiger partial charge >= 0.3 is 0 Å². The van der Waals surface area contributed by atoms with E-state index in [4.69, 9.17) is 4.74 Å². The second-order valence-corrected chi connectivity index (χ2v) is 4.26. The molecule has 3 rings (SSSR count). The molecular weight excluding hydrogens is 221 g/mol. The summed E-state index contributed by atoms with van der Waals surface area (Å²) in [6.45, 7) is 0. The molecule has 1 fully saturated rings. The summed E-state index contributed by atoms with van der Waals surface area (Å²) in [6, 6.07) is 6.62. The molecule has 3 nitrogen and oxygen atoms in total. The van der Waals surface area contributed by atoms with Gasteiger partial charge in [0.05, 0.1) is 18.7 Å². The Kier molecular flexibility index (Phi) is 2.18. The highest BCUT2D eigenvalue weighted by molar-refractivity contribution is 5.85. The molecular formula is C13H12FNO2. The Balaban J connectivity index is 2.36. The highest BCUT2D eigenvalue weighted by Crippen LogP contribution is 2.41. The van der Waals surface area contributed by atoms with Crippen LogP contribution < -0.4 is 10.2 Å². The number of hydrogen-bond donors (Lipinski definition) is 0. The van der Waals surface area contributed by atoms with Crippen LogP contribution in [0.5, 0.6) is 5.75 Å². The van der Waals surface area contributed by atoms with Crippen molar-refractivity contribution in [2.45, 2.75) is 18.6 Å². The lowest BCUT2D eigenvalue weighted by atomic mass is 10.2. The predicted octanol–water partition coefficient (Wildman–Crippen LogP) is 2.29. The van der Waals surface area contributed by atoms with Crippen LogP contribution in [-0.4, -0.2) is 17.8 Å². The summed E-state index contributed by atoms with van der Waals surface area (Å²) in [6.07, 6.45) is 1.35. The van der Waals surface area contributed by atoms with Crippen molar-refractivity contribution in [3.8, 4) is 5.75 Å². The zero-order valence-electron chi connectivity index (χ0n) is 9.39. The van der Waals surface area contributed by atoms with Crippen molar-refractivity contribution in [2.24, 2.45) is 0 Å². The van der Waals surface area contributed by atoms with Crippen molar-refractivity contribution < 1.29 is 9.13 Å². The van der Waals surface area contributed by atoms with E-state index in [0.717, 1.165) is 0 Å². The van der Waals surface area contributed by atoms with Crippen molar-refractivity contribution in [2.75, 3.05) is 7.11 Å². The second-order valence-electron chi connectivity index (χ2n) is 4.26. The van der Waals surface area contributed by atoms with Crippen LogP contribution in [0.3, 0.4) is 0 Å². The summed E-state index contributed by atoms with van der Waals surface area (Å²) in [4.78, 5) is 11.8. The van der Waals surface area contributed by atoms with Crippen LogP contribution in [0.25, 0.3) is 10.9 Å². The largest absolute Gasteiger partial charge is 0.495 e.